The molecule has 0 unspecified atom stereocenters. The summed E-state index contributed by atoms with van der Waals surface area (Å²) in [6.07, 6.45) is 0. The van der Waals surface area contributed by atoms with E-state index in [1.165, 1.54) is 6.07 Å². The Morgan fingerprint density at radius 2 is 1.78 bits per heavy atom. The Morgan fingerprint density at radius 1 is 1.09 bits per heavy atom. The highest BCUT2D eigenvalue weighted by atomic mass is 35.5. The van der Waals surface area contributed by atoms with Crippen LogP contribution in [0.5, 0.6) is 5.75 Å². The molecule has 0 atom stereocenters. The lowest BCUT2D eigenvalue weighted by molar-refractivity contribution is -0.115. The molecule has 0 aliphatic heterocycles. The van der Waals surface area contributed by atoms with Gasteiger partial charge in [0.2, 0.25) is 5.91 Å². The molecule has 2 aromatic rings. The predicted molar refractivity (Wildman–Crippen MR) is 90.4 cm³/mol. The molecule has 0 aliphatic carbocycles. The number of hydrogen-bond donors (Lipinski definition) is 2. The molecule has 0 spiro atoms. The normalized spacial score (nSPS) is 10.0. The molecular weight excluding hydrogens is 339 g/mol. The fraction of sp³-hybridized carbons (Fsp3) is 0.125. The summed E-state index contributed by atoms with van der Waals surface area (Å²) in [5.41, 5.74) is 0.822. The largest absolute Gasteiger partial charge is 0.497 e. The summed E-state index contributed by atoms with van der Waals surface area (Å²) in [6, 6.07) is 11.3. The number of amides is 2. The van der Waals surface area contributed by atoms with E-state index in [1.54, 1.807) is 43.5 Å². The van der Waals surface area contributed by atoms with E-state index < -0.39 is 5.91 Å². The zero-order valence-electron chi connectivity index (χ0n) is 12.2. The van der Waals surface area contributed by atoms with Gasteiger partial charge in [0.05, 0.1) is 24.4 Å². The van der Waals surface area contributed by atoms with E-state index in [9.17, 15) is 9.59 Å². The maximum absolute atomic E-state index is 11.9. The quantitative estimate of drug-likeness (QED) is 0.866. The van der Waals surface area contributed by atoms with Gasteiger partial charge in [-0.2, -0.15) is 0 Å². The highest BCUT2D eigenvalue weighted by Gasteiger charge is 2.10. The smallest absolute Gasteiger partial charge is 0.251 e. The molecular formula is C16H14Cl2N2O3. The molecule has 0 radical (unpaired) electrons. The molecule has 0 heterocycles. The van der Waals surface area contributed by atoms with Crippen molar-refractivity contribution in [3.63, 3.8) is 0 Å². The molecule has 2 N–H and O–H groups in total. The summed E-state index contributed by atoms with van der Waals surface area (Å²) >= 11 is 11.8. The molecule has 0 saturated heterocycles. The Labute approximate surface area is 143 Å². The van der Waals surface area contributed by atoms with Gasteiger partial charge in [0.25, 0.3) is 5.91 Å². The topological polar surface area (TPSA) is 67.4 Å². The lowest BCUT2D eigenvalue weighted by Crippen LogP contribution is -2.32. The van der Waals surface area contributed by atoms with Crippen LogP contribution in [-0.4, -0.2) is 25.5 Å². The SMILES string of the molecule is COc1ccc(C(=O)NCC(=O)Nc2cc(Cl)ccc2Cl)cc1. The van der Waals surface area contributed by atoms with Crippen molar-refractivity contribution in [1.29, 1.82) is 0 Å². The van der Waals surface area contributed by atoms with E-state index in [1.807, 2.05) is 0 Å². The van der Waals surface area contributed by atoms with Crippen LogP contribution in [-0.2, 0) is 4.79 Å². The number of rotatable bonds is 5. The zero-order chi connectivity index (χ0) is 16.8. The average molecular weight is 353 g/mol. The van der Waals surface area contributed by atoms with E-state index in [4.69, 9.17) is 27.9 Å². The minimum Gasteiger partial charge on any atom is -0.497 e. The maximum Gasteiger partial charge on any atom is 0.251 e. The van der Waals surface area contributed by atoms with Gasteiger partial charge < -0.3 is 15.4 Å². The number of methoxy groups -OCH3 is 1. The highest BCUT2D eigenvalue weighted by molar-refractivity contribution is 6.35. The van der Waals surface area contributed by atoms with Crippen LogP contribution in [0.3, 0.4) is 0 Å². The van der Waals surface area contributed by atoms with Gasteiger partial charge in [-0.25, -0.2) is 0 Å². The average Bonchev–Trinajstić information content (AvgIpc) is 2.56. The van der Waals surface area contributed by atoms with E-state index in [-0.39, 0.29) is 12.5 Å². The predicted octanol–water partition coefficient (Wildman–Crippen LogP) is 3.37. The Balaban J connectivity index is 1.90. The van der Waals surface area contributed by atoms with Crippen molar-refractivity contribution >= 4 is 40.7 Å². The molecule has 0 bridgehead atoms. The number of anilines is 1. The van der Waals surface area contributed by atoms with Gasteiger partial charge in [-0.1, -0.05) is 23.2 Å². The fourth-order valence-corrected chi connectivity index (χ4v) is 2.13. The Hall–Kier alpha value is -2.24. The number of ether oxygens (including phenoxy) is 1. The number of carbonyl (C=O) groups excluding carboxylic acids is 2. The van der Waals surface area contributed by atoms with E-state index in [2.05, 4.69) is 10.6 Å². The Kier molecular flexibility index (Phi) is 5.84. The Bertz CT molecular complexity index is 718. The molecule has 0 fully saturated rings. The van der Waals surface area contributed by atoms with Crippen molar-refractivity contribution in [3.8, 4) is 5.75 Å². The molecule has 0 saturated carbocycles. The lowest BCUT2D eigenvalue weighted by atomic mass is 10.2. The maximum atomic E-state index is 11.9. The number of halogens is 2. The van der Waals surface area contributed by atoms with E-state index in [0.717, 1.165) is 0 Å². The first-order chi connectivity index (χ1) is 11.0. The molecule has 120 valence electrons. The molecule has 7 heteroatoms. The van der Waals surface area contributed by atoms with Gasteiger partial charge in [0.1, 0.15) is 5.75 Å². The third-order valence-electron chi connectivity index (χ3n) is 2.96. The van der Waals surface area contributed by atoms with Crippen molar-refractivity contribution < 1.29 is 14.3 Å². The van der Waals surface area contributed by atoms with Crippen LogP contribution >= 0.6 is 23.2 Å². The number of nitrogens with one attached hydrogen (secondary N) is 2. The summed E-state index contributed by atoms with van der Waals surface area (Å²) in [5, 5.41) is 5.92. The fourth-order valence-electron chi connectivity index (χ4n) is 1.79. The van der Waals surface area contributed by atoms with Crippen LogP contribution in [0.2, 0.25) is 10.0 Å². The first-order valence-corrected chi connectivity index (χ1v) is 7.42. The second-order valence-electron chi connectivity index (χ2n) is 4.58. The highest BCUT2D eigenvalue weighted by Crippen LogP contribution is 2.25. The van der Waals surface area contributed by atoms with E-state index in [0.29, 0.717) is 27.0 Å². The second kappa shape index (κ2) is 7.85. The van der Waals surface area contributed by atoms with Gasteiger partial charge in [-0.15, -0.1) is 0 Å². The van der Waals surface area contributed by atoms with Crippen LogP contribution in [0.25, 0.3) is 0 Å². The standard InChI is InChI=1S/C16H14Cl2N2O3/c1-23-12-5-2-10(3-6-12)16(22)19-9-15(21)20-14-8-11(17)4-7-13(14)18/h2-8H,9H2,1H3,(H,19,22)(H,20,21). The van der Waals surface area contributed by atoms with E-state index >= 15 is 0 Å². The van der Waals surface area contributed by atoms with Crippen LogP contribution < -0.4 is 15.4 Å². The van der Waals surface area contributed by atoms with Crippen LogP contribution in [0.1, 0.15) is 10.4 Å². The van der Waals surface area contributed by atoms with Crippen molar-refractivity contribution in [1.82, 2.24) is 5.32 Å². The second-order valence-corrected chi connectivity index (χ2v) is 5.43. The minimum absolute atomic E-state index is 0.187. The summed E-state index contributed by atoms with van der Waals surface area (Å²) in [6.45, 7) is -0.187. The number of benzene rings is 2. The molecule has 2 amide bonds. The van der Waals surface area contributed by atoms with Crippen molar-refractivity contribution in [2.45, 2.75) is 0 Å². The number of hydrogen-bond acceptors (Lipinski definition) is 3. The summed E-state index contributed by atoms with van der Waals surface area (Å²) in [7, 11) is 1.54. The lowest BCUT2D eigenvalue weighted by Gasteiger charge is -2.09. The van der Waals surface area contributed by atoms with Crippen molar-refractivity contribution in [3.05, 3.63) is 58.1 Å². The summed E-state index contributed by atoms with van der Waals surface area (Å²) in [5.74, 6) is -0.120. The number of carbonyl (C=O) groups is 2. The molecule has 23 heavy (non-hydrogen) atoms. The van der Waals surface area contributed by atoms with Crippen LogP contribution in [0.15, 0.2) is 42.5 Å². The minimum atomic E-state index is -0.406. The molecule has 5 nitrogen and oxygen atoms in total. The first kappa shape index (κ1) is 17.1. The van der Waals surface area contributed by atoms with Gasteiger partial charge in [0, 0.05) is 10.6 Å². The van der Waals surface area contributed by atoms with Crippen LogP contribution in [0, 0.1) is 0 Å². The van der Waals surface area contributed by atoms with Crippen LogP contribution in [0.4, 0.5) is 5.69 Å². The van der Waals surface area contributed by atoms with Gasteiger partial charge in [0.15, 0.2) is 0 Å². The summed E-state index contributed by atoms with van der Waals surface area (Å²) in [4.78, 5) is 23.8. The molecule has 2 aromatic carbocycles. The zero-order valence-corrected chi connectivity index (χ0v) is 13.7. The monoisotopic (exact) mass is 352 g/mol. The van der Waals surface area contributed by atoms with Crippen molar-refractivity contribution in [2.75, 3.05) is 19.0 Å². The molecule has 0 aliphatic rings. The third-order valence-corrected chi connectivity index (χ3v) is 3.53. The van der Waals surface area contributed by atoms with Gasteiger partial charge in [-0.3, -0.25) is 9.59 Å². The molecule has 0 aromatic heterocycles. The van der Waals surface area contributed by atoms with Gasteiger partial charge in [-0.05, 0) is 42.5 Å². The third kappa shape index (κ3) is 4.87. The Morgan fingerprint density at radius 3 is 2.43 bits per heavy atom. The van der Waals surface area contributed by atoms with Gasteiger partial charge >= 0.3 is 0 Å². The molecule has 2 rings (SSSR count). The summed E-state index contributed by atoms with van der Waals surface area (Å²) < 4.78 is 5.02. The first-order valence-electron chi connectivity index (χ1n) is 6.67. The van der Waals surface area contributed by atoms with Crippen molar-refractivity contribution in [2.24, 2.45) is 0 Å².